The third-order valence-electron chi connectivity index (χ3n) is 10.0. The lowest BCUT2D eigenvalue weighted by molar-refractivity contribution is -0.108. The van der Waals surface area contributed by atoms with Crippen LogP contribution in [0.4, 0.5) is 4.79 Å². The summed E-state index contributed by atoms with van der Waals surface area (Å²) in [6.07, 6.45) is 2.02. The molecule has 0 radical (unpaired) electrons. The smallest absolute Gasteiger partial charge is 0.410 e. The maximum Gasteiger partial charge on any atom is 0.410 e. The first-order chi connectivity index (χ1) is 27.8. The molecule has 0 bridgehead atoms. The zero-order valence-corrected chi connectivity index (χ0v) is 36.5. The molecule has 4 heterocycles. The summed E-state index contributed by atoms with van der Waals surface area (Å²) in [5, 5.41) is 1.84. The van der Waals surface area contributed by atoms with Crippen LogP contribution in [0.3, 0.4) is 0 Å². The summed E-state index contributed by atoms with van der Waals surface area (Å²) in [7, 11) is 3.18. The first-order valence-corrected chi connectivity index (χ1v) is 20.7. The number of ether oxygens (including phenoxy) is 5. The molecule has 1 saturated heterocycles. The minimum atomic E-state index is -0.591. The Labute approximate surface area is 353 Å². The number of rotatable bonds is 10. The number of halogens is 2. The van der Waals surface area contributed by atoms with Gasteiger partial charge in [0.2, 0.25) is 0 Å². The highest BCUT2D eigenvalue weighted by Crippen LogP contribution is 2.33. The molecule has 7 rings (SSSR count). The number of piperidine rings is 1. The zero-order valence-electron chi connectivity index (χ0n) is 33.3. The summed E-state index contributed by atoms with van der Waals surface area (Å²) in [6.45, 7) is 10.1. The van der Waals surface area contributed by atoms with Crippen molar-refractivity contribution in [2.45, 2.75) is 64.9 Å². The van der Waals surface area contributed by atoms with Crippen LogP contribution in [-0.4, -0.2) is 90.0 Å². The van der Waals surface area contributed by atoms with Gasteiger partial charge in [0.25, 0.3) is 11.1 Å². The lowest BCUT2D eigenvalue weighted by Crippen LogP contribution is -2.49. The van der Waals surface area contributed by atoms with Crippen molar-refractivity contribution in [3.8, 4) is 23.0 Å². The molecule has 0 unspecified atom stereocenters. The number of fused-ring (bicyclic) bond motifs is 3. The van der Waals surface area contributed by atoms with E-state index in [-0.39, 0.29) is 29.8 Å². The number of carbonyl (C=O) groups excluding carboxylic acids is 2. The van der Waals surface area contributed by atoms with Gasteiger partial charge in [0, 0.05) is 82.7 Å². The number of amides is 1. The maximum atomic E-state index is 13.4. The quantitative estimate of drug-likeness (QED) is 0.131. The zero-order chi connectivity index (χ0) is 41.6. The van der Waals surface area contributed by atoms with E-state index in [4.69, 9.17) is 23.7 Å². The lowest BCUT2D eigenvalue weighted by Gasteiger charge is -2.39. The molecule has 0 aliphatic carbocycles. The molecular weight excluding hydrogens is 876 g/mol. The Balaban J connectivity index is 0.000000278. The van der Waals surface area contributed by atoms with E-state index in [1.807, 2.05) is 72.7 Å². The number of aromatic nitrogens is 2. The van der Waals surface area contributed by atoms with Crippen LogP contribution >= 0.6 is 31.9 Å². The van der Waals surface area contributed by atoms with E-state index in [9.17, 15) is 19.2 Å². The summed E-state index contributed by atoms with van der Waals surface area (Å²) < 4.78 is 32.8. The Morgan fingerprint density at radius 1 is 0.793 bits per heavy atom. The van der Waals surface area contributed by atoms with E-state index in [0.29, 0.717) is 55.4 Å². The van der Waals surface area contributed by atoms with Crippen LogP contribution in [0.2, 0.25) is 0 Å². The van der Waals surface area contributed by atoms with Crippen molar-refractivity contribution < 1.29 is 33.3 Å². The molecule has 15 heteroatoms. The Morgan fingerprint density at radius 3 is 1.93 bits per heavy atom. The van der Waals surface area contributed by atoms with Crippen LogP contribution in [0.1, 0.15) is 39.2 Å². The largest absolute Gasteiger partial charge is 0.497 e. The molecule has 0 N–H and O–H groups in total. The predicted molar refractivity (Wildman–Crippen MR) is 230 cm³/mol. The molecule has 13 nitrogen and oxygen atoms in total. The number of likely N-dealkylation sites (tertiary alicyclic amines) is 1. The fourth-order valence-corrected chi connectivity index (χ4v) is 8.25. The highest BCUT2D eigenvalue weighted by Gasteiger charge is 2.32. The van der Waals surface area contributed by atoms with Gasteiger partial charge in [0.1, 0.15) is 36.6 Å². The van der Waals surface area contributed by atoms with E-state index in [1.54, 1.807) is 32.4 Å². The summed E-state index contributed by atoms with van der Waals surface area (Å²) in [5.74, 6) is 2.77. The van der Waals surface area contributed by atoms with Crippen molar-refractivity contribution in [3.05, 3.63) is 102 Å². The predicted octanol–water partition coefficient (Wildman–Crippen LogP) is 7.42. The van der Waals surface area contributed by atoms with Crippen molar-refractivity contribution in [3.63, 3.8) is 0 Å². The number of pyridine rings is 2. The first kappa shape index (κ1) is 42.7. The second kappa shape index (κ2) is 18.8. The molecule has 2 aliphatic heterocycles. The third kappa shape index (κ3) is 10.2. The molecule has 1 amide bonds. The number of benzene rings is 3. The molecular formula is C43H48Br2N4O9. The van der Waals surface area contributed by atoms with Gasteiger partial charge in [-0.15, -0.1) is 0 Å². The second-order valence-electron chi connectivity index (χ2n) is 15.0. The van der Waals surface area contributed by atoms with Crippen molar-refractivity contribution in [1.82, 2.24) is 18.9 Å². The van der Waals surface area contributed by atoms with Crippen LogP contribution in [0, 0.1) is 0 Å². The molecule has 308 valence electrons. The van der Waals surface area contributed by atoms with Crippen molar-refractivity contribution in [2.24, 2.45) is 0 Å². The number of hydrogen-bond acceptors (Lipinski definition) is 10. The van der Waals surface area contributed by atoms with E-state index < -0.39 is 5.60 Å². The highest BCUT2D eigenvalue weighted by atomic mass is 79.9. The average molecular weight is 925 g/mol. The molecule has 0 saturated carbocycles. The van der Waals surface area contributed by atoms with E-state index >= 15 is 0 Å². The van der Waals surface area contributed by atoms with Gasteiger partial charge in [0.15, 0.2) is 11.5 Å². The van der Waals surface area contributed by atoms with Gasteiger partial charge in [-0.05, 0) is 107 Å². The van der Waals surface area contributed by atoms with Crippen LogP contribution < -0.4 is 30.1 Å². The van der Waals surface area contributed by atoms with Crippen molar-refractivity contribution >= 4 is 66.0 Å². The molecule has 0 spiro atoms. The van der Waals surface area contributed by atoms with Gasteiger partial charge in [-0.3, -0.25) is 9.59 Å². The van der Waals surface area contributed by atoms with Gasteiger partial charge < -0.3 is 47.4 Å². The number of aldehydes is 1. The normalized spacial score (nSPS) is 14.4. The number of nitrogens with zero attached hydrogens (tertiary/aromatic N) is 4. The number of methoxy groups -OCH3 is 2. The first-order valence-electron chi connectivity index (χ1n) is 19.1. The SMILES string of the molecule is COc1cc(Br)c2ccc(=O)n(CC=O)c2c1.COc1cc(Br)c2ccc(=O)n(CCN3CCC(N(Cc4ccc5c(c4)OCCO5)C(=O)OC(C)(C)C)CC3)c2c1. The van der Waals surface area contributed by atoms with Crippen LogP contribution in [0.15, 0.2) is 85.3 Å². The fourth-order valence-electron chi connectivity index (χ4n) is 7.13. The maximum absolute atomic E-state index is 13.4. The molecule has 3 aromatic carbocycles. The summed E-state index contributed by atoms with van der Waals surface area (Å²) >= 11 is 7.02. The van der Waals surface area contributed by atoms with Gasteiger partial charge >= 0.3 is 6.09 Å². The Kier molecular flexibility index (Phi) is 13.9. The number of hydrogen-bond donors (Lipinski definition) is 0. The average Bonchev–Trinajstić information content (AvgIpc) is 3.20. The summed E-state index contributed by atoms with van der Waals surface area (Å²) in [6, 6.07) is 19.9. The van der Waals surface area contributed by atoms with Gasteiger partial charge in [-0.1, -0.05) is 6.07 Å². The van der Waals surface area contributed by atoms with E-state index in [2.05, 4.69) is 36.8 Å². The molecule has 2 aromatic heterocycles. The van der Waals surface area contributed by atoms with Crippen molar-refractivity contribution in [2.75, 3.05) is 47.1 Å². The van der Waals surface area contributed by atoms with E-state index in [1.165, 1.54) is 10.6 Å². The van der Waals surface area contributed by atoms with Crippen LogP contribution in [-0.2, 0) is 29.2 Å². The second-order valence-corrected chi connectivity index (χ2v) is 16.7. The topological polar surface area (TPSA) is 131 Å². The molecule has 58 heavy (non-hydrogen) atoms. The van der Waals surface area contributed by atoms with E-state index in [0.717, 1.165) is 69.0 Å². The molecule has 1 fully saturated rings. The van der Waals surface area contributed by atoms with Crippen LogP contribution in [0.5, 0.6) is 23.0 Å². The monoisotopic (exact) mass is 922 g/mol. The lowest BCUT2D eigenvalue weighted by atomic mass is 10.0. The van der Waals surface area contributed by atoms with Gasteiger partial charge in [-0.2, -0.15) is 0 Å². The fraction of sp³-hybridized carbons (Fsp3) is 0.395. The Hall–Kier alpha value is -4.86. The van der Waals surface area contributed by atoms with Gasteiger partial charge in [-0.25, -0.2) is 4.79 Å². The highest BCUT2D eigenvalue weighted by molar-refractivity contribution is 9.11. The summed E-state index contributed by atoms with van der Waals surface area (Å²) in [4.78, 5) is 52.7. The van der Waals surface area contributed by atoms with Crippen molar-refractivity contribution in [1.29, 1.82) is 0 Å². The minimum absolute atomic E-state index is 0.0368. The molecule has 5 aromatic rings. The third-order valence-corrected chi connectivity index (χ3v) is 11.3. The van der Waals surface area contributed by atoms with Gasteiger partial charge in [0.05, 0.1) is 31.8 Å². The molecule has 2 aliphatic rings. The Bertz CT molecular complexity index is 2400. The standard InChI is InChI=1S/C31H38BrN3O6.C12H10BrNO3/c1-31(2,3)41-30(37)35(20-21-5-7-27-28(17-21)40-16-15-39-27)22-9-11-33(12-10-22)13-14-34-26-19-23(38-4)18-25(32)24(26)6-8-29(34)36;1-17-8-6-10(13)9-2-3-12(16)14(4-5-15)11(9)7-8/h5-8,17-19,22H,9-16,20H2,1-4H3;2-3,5-7H,4H2,1H3. The Morgan fingerprint density at radius 2 is 1.36 bits per heavy atom. The summed E-state index contributed by atoms with van der Waals surface area (Å²) in [5.41, 5.74) is 1.66. The van der Waals surface area contributed by atoms with Crippen LogP contribution in [0.25, 0.3) is 21.8 Å². The number of carbonyl (C=O) groups is 2. The molecule has 0 atom stereocenters. The minimum Gasteiger partial charge on any atom is -0.497 e.